The first kappa shape index (κ1) is 16.4. The number of nitrogens with zero attached hydrogens (tertiary/aromatic N) is 3. The van der Waals surface area contributed by atoms with Crippen LogP contribution in [0.3, 0.4) is 0 Å². The largest absolute Gasteiger partial charge is 0.449 e. The molecule has 1 aromatic carbocycles. The molecule has 0 bridgehead atoms. The van der Waals surface area contributed by atoms with Crippen LogP contribution < -0.4 is 5.32 Å². The van der Waals surface area contributed by atoms with Gasteiger partial charge in [-0.25, -0.2) is 28.5 Å². The Morgan fingerprint density at radius 1 is 1.20 bits per heavy atom. The molecule has 2 heterocycles. The van der Waals surface area contributed by atoms with Gasteiger partial charge in [0.15, 0.2) is 29.2 Å². The lowest BCUT2D eigenvalue weighted by Crippen LogP contribution is -2.30. The summed E-state index contributed by atoms with van der Waals surface area (Å²) in [7, 11) is 0. The van der Waals surface area contributed by atoms with Crippen LogP contribution in [0, 0.1) is 11.6 Å². The van der Waals surface area contributed by atoms with Crippen molar-refractivity contribution in [2.24, 2.45) is 0 Å². The first-order valence-corrected chi connectivity index (χ1v) is 7.06. The van der Waals surface area contributed by atoms with Gasteiger partial charge in [0.2, 0.25) is 0 Å². The number of fused-ring (bicyclic) bond motifs is 1. The molecule has 0 fully saturated rings. The van der Waals surface area contributed by atoms with E-state index in [0.717, 1.165) is 12.1 Å². The Hall–Kier alpha value is -3.43. The van der Waals surface area contributed by atoms with Crippen molar-refractivity contribution in [3.05, 3.63) is 48.1 Å². The third-order valence-corrected chi connectivity index (χ3v) is 3.27. The van der Waals surface area contributed by atoms with Gasteiger partial charge in [-0.1, -0.05) is 0 Å². The summed E-state index contributed by atoms with van der Waals surface area (Å²) in [6, 6.07) is 2.55. The number of imidazole rings is 1. The first-order chi connectivity index (χ1) is 12.0. The number of hydrogen-bond acceptors (Lipinski definition) is 6. The molecule has 3 aromatic rings. The number of rotatable bonds is 4. The number of carbonyl (C=O) groups excluding carboxylic acids is 2. The number of amides is 1. The molecule has 2 aromatic heterocycles. The average Bonchev–Trinajstić information content (AvgIpc) is 3.07. The van der Waals surface area contributed by atoms with E-state index in [4.69, 9.17) is 4.74 Å². The molecule has 0 aliphatic carbocycles. The monoisotopic (exact) mass is 347 g/mol. The zero-order chi connectivity index (χ0) is 18.0. The molecular formula is C15H11F2N5O3. The highest BCUT2D eigenvalue weighted by molar-refractivity contribution is 6.00. The van der Waals surface area contributed by atoms with E-state index in [1.54, 1.807) is 0 Å². The van der Waals surface area contributed by atoms with Gasteiger partial charge < -0.3 is 15.0 Å². The van der Waals surface area contributed by atoms with Crippen molar-refractivity contribution in [3.63, 3.8) is 0 Å². The SMILES string of the molecule is C[C@H](OC(=O)c1ccc(F)c(F)c1)C(=O)Nc1ncnc2nc[nH]c12. The molecule has 25 heavy (non-hydrogen) atoms. The van der Waals surface area contributed by atoms with E-state index in [1.807, 2.05) is 0 Å². The second-order valence-corrected chi connectivity index (χ2v) is 4.99. The van der Waals surface area contributed by atoms with Crippen LogP contribution in [0.1, 0.15) is 17.3 Å². The van der Waals surface area contributed by atoms with E-state index in [2.05, 4.69) is 25.3 Å². The van der Waals surface area contributed by atoms with E-state index in [9.17, 15) is 18.4 Å². The minimum absolute atomic E-state index is 0.170. The summed E-state index contributed by atoms with van der Waals surface area (Å²) in [6.45, 7) is 1.33. The van der Waals surface area contributed by atoms with Crippen molar-refractivity contribution >= 4 is 28.9 Å². The predicted molar refractivity (Wildman–Crippen MR) is 81.5 cm³/mol. The Labute approximate surface area is 139 Å². The highest BCUT2D eigenvalue weighted by Crippen LogP contribution is 2.15. The van der Waals surface area contributed by atoms with Crippen molar-refractivity contribution in [1.29, 1.82) is 0 Å². The topological polar surface area (TPSA) is 110 Å². The molecule has 0 unspecified atom stereocenters. The number of H-pyrrole nitrogens is 1. The highest BCUT2D eigenvalue weighted by Gasteiger charge is 2.21. The zero-order valence-electron chi connectivity index (χ0n) is 12.8. The summed E-state index contributed by atoms with van der Waals surface area (Å²) in [5.74, 6) is -3.73. The summed E-state index contributed by atoms with van der Waals surface area (Å²) in [5.41, 5.74) is 0.559. The lowest BCUT2D eigenvalue weighted by Gasteiger charge is -2.13. The summed E-state index contributed by atoms with van der Waals surface area (Å²) in [5, 5.41) is 2.48. The van der Waals surface area contributed by atoms with Crippen LogP contribution >= 0.6 is 0 Å². The molecule has 0 saturated heterocycles. The fourth-order valence-electron chi connectivity index (χ4n) is 1.98. The van der Waals surface area contributed by atoms with E-state index in [1.165, 1.54) is 19.6 Å². The van der Waals surface area contributed by atoms with Gasteiger partial charge in [-0.05, 0) is 25.1 Å². The molecule has 1 amide bonds. The van der Waals surface area contributed by atoms with Crippen LogP contribution in [-0.4, -0.2) is 37.9 Å². The average molecular weight is 347 g/mol. The van der Waals surface area contributed by atoms with Crippen LogP contribution in [0.4, 0.5) is 14.6 Å². The van der Waals surface area contributed by atoms with E-state index in [-0.39, 0.29) is 11.4 Å². The Morgan fingerprint density at radius 3 is 2.76 bits per heavy atom. The molecule has 0 aliphatic heterocycles. The standard InChI is InChI=1S/C15H11F2N5O3/c1-7(25-15(24)8-2-3-9(16)10(17)4-8)14(23)22-13-11-12(19-5-18-11)20-6-21-13/h2-7H,1H3,(H2,18,19,20,21,22,23)/t7-/m0/s1. The minimum Gasteiger partial charge on any atom is -0.449 e. The number of esters is 1. The summed E-state index contributed by atoms with van der Waals surface area (Å²) >= 11 is 0. The number of anilines is 1. The maximum absolute atomic E-state index is 13.2. The van der Waals surface area contributed by atoms with E-state index < -0.39 is 29.6 Å². The van der Waals surface area contributed by atoms with Gasteiger partial charge in [-0.3, -0.25) is 4.79 Å². The molecule has 1 atom stereocenters. The van der Waals surface area contributed by atoms with Crippen molar-refractivity contribution in [2.45, 2.75) is 13.0 Å². The highest BCUT2D eigenvalue weighted by atomic mass is 19.2. The van der Waals surface area contributed by atoms with E-state index in [0.29, 0.717) is 17.2 Å². The summed E-state index contributed by atoms with van der Waals surface area (Å²) in [6.07, 6.45) is 1.41. The van der Waals surface area contributed by atoms with Crippen molar-refractivity contribution in [2.75, 3.05) is 5.32 Å². The number of nitrogens with one attached hydrogen (secondary N) is 2. The third-order valence-electron chi connectivity index (χ3n) is 3.27. The maximum atomic E-state index is 13.2. The number of aromatic amines is 1. The maximum Gasteiger partial charge on any atom is 0.339 e. The van der Waals surface area contributed by atoms with Gasteiger partial charge in [0, 0.05) is 0 Å². The third kappa shape index (κ3) is 3.42. The second kappa shape index (κ2) is 6.59. The van der Waals surface area contributed by atoms with Crippen LogP contribution in [-0.2, 0) is 9.53 Å². The molecule has 10 heteroatoms. The lowest BCUT2D eigenvalue weighted by atomic mass is 10.2. The summed E-state index contributed by atoms with van der Waals surface area (Å²) < 4.78 is 31.0. The number of carbonyl (C=O) groups is 2. The lowest BCUT2D eigenvalue weighted by molar-refractivity contribution is -0.123. The van der Waals surface area contributed by atoms with Crippen LogP contribution in [0.2, 0.25) is 0 Å². The molecule has 8 nitrogen and oxygen atoms in total. The molecule has 0 saturated carbocycles. The van der Waals surface area contributed by atoms with Gasteiger partial charge in [0.25, 0.3) is 5.91 Å². The van der Waals surface area contributed by atoms with Crippen LogP contribution in [0.25, 0.3) is 11.2 Å². The molecule has 2 N–H and O–H groups in total. The van der Waals surface area contributed by atoms with Crippen LogP contribution in [0.15, 0.2) is 30.9 Å². The van der Waals surface area contributed by atoms with E-state index >= 15 is 0 Å². The fourth-order valence-corrected chi connectivity index (χ4v) is 1.98. The summed E-state index contributed by atoms with van der Waals surface area (Å²) in [4.78, 5) is 38.6. The Bertz CT molecular complexity index is 959. The van der Waals surface area contributed by atoms with Crippen LogP contribution in [0.5, 0.6) is 0 Å². The van der Waals surface area contributed by atoms with Crippen molar-refractivity contribution in [1.82, 2.24) is 19.9 Å². The van der Waals surface area contributed by atoms with Gasteiger partial charge in [0.05, 0.1) is 11.9 Å². The van der Waals surface area contributed by atoms with Gasteiger partial charge in [-0.2, -0.15) is 0 Å². The Morgan fingerprint density at radius 2 is 2.00 bits per heavy atom. The van der Waals surface area contributed by atoms with Gasteiger partial charge in [-0.15, -0.1) is 0 Å². The molecular weight excluding hydrogens is 336 g/mol. The Balaban J connectivity index is 1.69. The van der Waals surface area contributed by atoms with Gasteiger partial charge >= 0.3 is 5.97 Å². The minimum atomic E-state index is -1.20. The number of halogens is 2. The normalized spacial score (nSPS) is 12.0. The first-order valence-electron chi connectivity index (χ1n) is 7.06. The number of ether oxygens (including phenoxy) is 1. The molecule has 0 aliphatic rings. The van der Waals surface area contributed by atoms with Crippen molar-refractivity contribution < 1.29 is 23.1 Å². The second-order valence-electron chi connectivity index (χ2n) is 4.99. The number of benzene rings is 1. The van der Waals surface area contributed by atoms with Gasteiger partial charge in [0.1, 0.15) is 11.8 Å². The number of hydrogen-bond donors (Lipinski definition) is 2. The number of aromatic nitrogens is 4. The molecule has 0 spiro atoms. The molecule has 0 radical (unpaired) electrons. The molecule has 3 rings (SSSR count). The zero-order valence-corrected chi connectivity index (χ0v) is 12.8. The quantitative estimate of drug-likeness (QED) is 0.697. The fraction of sp³-hybridized carbons (Fsp3) is 0.133. The van der Waals surface area contributed by atoms with Crippen molar-refractivity contribution in [3.8, 4) is 0 Å². The Kier molecular flexibility index (Phi) is 4.33. The molecule has 128 valence electrons. The smallest absolute Gasteiger partial charge is 0.339 e. The predicted octanol–water partition coefficient (Wildman–Crippen LogP) is 1.82.